The van der Waals surface area contributed by atoms with Crippen molar-refractivity contribution >= 4 is 0 Å². The molecule has 0 radical (unpaired) electrons. The van der Waals surface area contributed by atoms with E-state index in [1.54, 1.807) is 0 Å². The molecule has 0 aliphatic heterocycles. The van der Waals surface area contributed by atoms with E-state index in [0.717, 1.165) is 64.2 Å². The fourth-order valence-corrected chi connectivity index (χ4v) is 4.79. The number of rotatable bonds is 1. The standard InChI is InChI=1S/C20H38O4/c21-19(22)15-11-7-3-1-5-9-13-17(19)18-14-10-6-2-4-8-12-16-20(18,23)24/h17-18,21-24H,1-16H2. The largest absolute Gasteiger partial charge is 0.365 e. The number of hydrogen-bond acceptors (Lipinski definition) is 4. The summed E-state index contributed by atoms with van der Waals surface area (Å²) >= 11 is 0. The Balaban J connectivity index is 2.17. The van der Waals surface area contributed by atoms with Gasteiger partial charge in [-0.15, -0.1) is 0 Å². The van der Waals surface area contributed by atoms with Crippen LogP contribution in [0.2, 0.25) is 0 Å². The Morgan fingerprint density at radius 1 is 0.417 bits per heavy atom. The van der Waals surface area contributed by atoms with Gasteiger partial charge in [-0.25, -0.2) is 0 Å². The Morgan fingerprint density at radius 3 is 1.08 bits per heavy atom. The van der Waals surface area contributed by atoms with Gasteiger partial charge >= 0.3 is 0 Å². The topological polar surface area (TPSA) is 80.9 Å². The van der Waals surface area contributed by atoms with Crippen molar-refractivity contribution in [3.05, 3.63) is 0 Å². The number of aliphatic hydroxyl groups is 4. The molecule has 0 heterocycles. The molecule has 4 nitrogen and oxygen atoms in total. The summed E-state index contributed by atoms with van der Waals surface area (Å²) in [6, 6.07) is 0. The van der Waals surface area contributed by atoms with Crippen LogP contribution in [0, 0.1) is 11.8 Å². The molecule has 24 heavy (non-hydrogen) atoms. The Hall–Kier alpha value is -0.160. The van der Waals surface area contributed by atoms with Crippen molar-refractivity contribution in [1.29, 1.82) is 0 Å². The lowest BCUT2D eigenvalue weighted by atomic mass is 9.71. The minimum Gasteiger partial charge on any atom is -0.365 e. The quantitative estimate of drug-likeness (QED) is 0.546. The van der Waals surface area contributed by atoms with E-state index in [2.05, 4.69) is 0 Å². The molecule has 2 saturated carbocycles. The van der Waals surface area contributed by atoms with Gasteiger partial charge in [0.15, 0.2) is 11.6 Å². The SMILES string of the molecule is OC1(O)CCCCCCCCC1C1CCCCCCCCC1(O)O. The average molecular weight is 343 g/mol. The van der Waals surface area contributed by atoms with Crippen molar-refractivity contribution < 1.29 is 20.4 Å². The lowest BCUT2D eigenvalue weighted by molar-refractivity contribution is -0.279. The summed E-state index contributed by atoms with van der Waals surface area (Å²) in [6.45, 7) is 0. The molecular weight excluding hydrogens is 304 g/mol. The summed E-state index contributed by atoms with van der Waals surface area (Å²) in [6.07, 6.45) is 14.5. The van der Waals surface area contributed by atoms with Crippen LogP contribution in [0.4, 0.5) is 0 Å². The summed E-state index contributed by atoms with van der Waals surface area (Å²) in [7, 11) is 0. The van der Waals surface area contributed by atoms with Gasteiger partial charge in [0.2, 0.25) is 0 Å². The molecule has 0 spiro atoms. The zero-order valence-corrected chi connectivity index (χ0v) is 15.3. The highest BCUT2D eigenvalue weighted by Crippen LogP contribution is 2.42. The van der Waals surface area contributed by atoms with Crippen LogP contribution < -0.4 is 0 Å². The van der Waals surface area contributed by atoms with Crippen LogP contribution in [0.15, 0.2) is 0 Å². The molecule has 2 aliphatic carbocycles. The second-order valence-electron chi connectivity index (χ2n) is 8.29. The van der Waals surface area contributed by atoms with Crippen molar-refractivity contribution in [3.8, 4) is 0 Å². The molecule has 2 fully saturated rings. The van der Waals surface area contributed by atoms with Crippen molar-refractivity contribution in [1.82, 2.24) is 0 Å². The Bertz CT molecular complexity index is 320. The highest BCUT2D eigenvalue weighted by Gasteiger charge is 2.47. The van der Waals surface area contributed by atoms with Crippen LogP contribution in [0.25, 0.3) is 0 Å². The molecule has 2 aliphatic rings. The first-order valence-corrected chi connectivity index (χ1v) is 10.3. The molecular formula is C20H38O4. The monoisotopic (exact) mass is 342 g/mol. The van der Waals surface area contributed by atoms with E-state index >= 15 is 0 Å². The third kappa shape index (κ3) is 5.98. The van der Waals surface area contributed by atoms with E-state index in [1.165, 1.54) is 12.8 Å². The second-order valence-corrected chi connectivity index (χ2v) is 8.29. The van der Waals surface area contributed by atoms with Gasteiger partial charge in [-0.05, 0) is 25.7 Å². The summed E-state index contributed by atoms with van der Waals surface area (Å²) in [5.74, 6) is -4.43. The van der Waals surface area contributed by atoms with Crippen LogP contribution >= 0.6 is 0 Å². The Morgan fingerprint density at radius 2 is 0.708 bits per heavy atom. The van der Waals surface area contributed by atoms with Crippen LogP contribution in [-0.4, -0.2) is 32.0 Å². The van der Waals surface area contributed by atoms with Gasteiger partial charge in [-0.3, -0.25) is 0 Å². The molecule has 2 atom stereocenters. The van der Waals surface area contributed by atoms with Gasteiger partial charge < -0.3 is 20.4 Å². The lowest BCUT2D eigenvalue weighted by Crippen LogP contribution is -2.51. The van der Waals surface area contributed by atoms with E-state index in [0.29, 0.717) is 25.7 Å². The molecule has 142 valence electrons. The molecule has 4 heteroatoms. The molecule has 0 saturated heterocycles. The lowest BCUT2D eigenvalue weighted by Gasteiger charge is -2.43. The van der Waals surface area contributed by atoms with Crippen LogP contribution in [0.1, 0.15) is 103 Å². The first-order valence-electron chi connectivity index (χ1n) is 10.3. The van der Waals surface area contributed by atoms with E-state index < -0.39 is 23.4 Å². The minimum absolute atomic E-state index is 0.351. The average Bonchev–Trinajstić information content (AvgIpc) is 2.52. The van der Waals surface area contributed by atoms with Gasteiger partial charge in [-0.1, -0.05) is 64.2 Å². The highest BCUT2D eigenvalue weighted by molar-refractivity contribution is 4.90. The minimum atomic E-state index is -1.77. The van der Waals surface area contributed by atoms with Gasteiger partial charge in [-0.2, -0.15) is 0 Å². The predicted octanol–water partition coefficient (Wildman–Crippen LogP) is 3.85. The fraction of sp³-hybridized carbons (Fsp3) is 1.00. The zero-order chi connectivity index (χ0) is 17.5. The maximum Gasteiger partial charge on any atom is 0.165 e. The van der Waals surface area contributed by atoms with E-state index in [4.69, 9.17) is 0 Å². The highest BCUT2D eigenvalue weighted by atomic mass is 16.5. The molecule has 4 N–H and O–H groups in total. The normalized spacial score (nSPS) is 33.5. The maximum atomic E-state index is 10.8. The first-order chi connectivity index (χ1) is 11.4. The van der Waals surface area contributed by atoms with Crippen LogP contribution in [-0.2, 0) is 0 Å². The Kier molecular flexibility index (Phi) is 7.99. The van der Waals surface area contributed by atoms with Gasteiger partial charge in [0.1, 0.15) is 0 Å². The van der Waals surface area contributed by atoms with Crippen LogP contribution in [0.3, 0.4) is 0 Å². The molecule has 0 aromatic heterocycles. The third-order valence-corrected chi connectivity index (χ3v) is 6.29. The van der Waals surface area contributed by atoms with E-state index in [9.17, 15) is 20.4 Å². The van der Waals surface area contributed by atoms with Gasteiger partial charge in [0.25, 0.3) is 0 Å². The first kappa shape index (κ1) is 20.2. The van der Waals surface area contributed by atoms with Crippen molar-refractivity contribution in [2.75, 3.05) is 0 Å². The molecule has 0 amide bonds. The molecule has 0 aromatic rings. The zero-order valence-electron chi connectivity index (χ0n) is 15.3. The maximum absolute atomic E-state index is 10.8. The summed E-state index contributed by atoms with van der Waals surface area (Å²) in [5.41, 5.74) is 0. The van der Waals surface area contributed by atoms with Gasteiger partial charge in [0.05, 0.1) is 0 Å². The molecule has 0 aromatic carbocycles. The third-order valence-electron chi connectivity index (χ3n) is 6.29. The summed E-state index contributed by atoms with van der Waals surface area (Å²) in [5, 5.41) is 43.0. The molecule has 2 unspecified atom stereocenters. The Labute approximate surface area is 147 Å². The smallest absolute Gasteiger partial charge is 0.165 e. The van der Waals surface area contributed by atoms with Crippen molar-refractivity contribution in [2.24, 2.45) is 11.8 Å². The summed E-state index contributed by atoms with van der Waals surface area (Å²) < 4.78 is 0. The predicted molar refractivity (Wildman–Crippen MR) is 95.2 cm³/mol. The molecule has 2 rings (SSSR count). The van der Waals surface area contributed by atoms with Gasteiger partial charge in [0, 0.05) is 24.7 Å². The van der Waals surface area contributed by atoms with E-state index in [-0.39, 0.29) is 0 Å². The summed E-state index contributed by atoms with van der Waals surface area (Å²) in [4.78, 5) is 0. The fourth-order valence-electron chi connectivity index (χ4n) is 4.79. The van der Waals surface area contributed by atoms with Crippen molar-refractivity contribution in [2.45, 2.75) is 114 Å². The molecule has 0 bridgehead atoms. The van der Waals surface area contributed by atoms with Crippen LogP contribution in [0.5, 0.6) is 0 Å². The number of hydrogen-bond donors (Lipinski definition) is 4. The van der Waals surface area contributed by atoms with Crippen molar-refractivity contribution in [3.63, 3.8) is 0 Å². The second kappa shape index (κ2) is 9.51. The van der Waals surface area contributed by atoms with E-state index in [1.807, 2.05) is 0 Å².